The van der Waals surface area contributed by atoms with E-state index in [9.17, 15) is 4.79 Å². The van der Waals surface area contributed by atoms with Gasteiger partial charge in [0, 0.05) is 18.4 Å². The number of nitrogens with one attached hydrogen (secondary N) is 1. The zero-order chi connectivity index (χ0) is 14.0. The molecule has 1 heterocycles. The Hall–Kier alpha value is -1.62. The number of rotatable bonds is 3. The lowest BCUT2D eigenvalue weighted by Crippen LogP contribution is -2.14. The number of carbonyl (C=O) groups is 1. The normalized spacial score (nSPS) is 10.5. The van der Waals surface area contributed by atoms with Gasteiger partial charge in [-0.05, 0) is 53.9 Å². The van der Waals surface area contributed by atoms with Crippen LogP contribution in [0.2, 0.25) is 0 Å². The van der Waals surface area contributed by atoms with Gasteiger partial charge in [0.1, 0.15) is 0 Å². The number of benzene rings is 1. The van der Waals surface area contributed by atoms with E-state index in [1.54, 1.807) is 10.9 Å². The van der Waals surface area contributed by atoms with Crippen molar-refractivity contribution >= 4 is 27.5 Å². The van der Waals surface area contributed by atoms with Gasteiger partial charge in [-0.1, -0.05) is 12.1 Å². The third kappa shape index (κ3) is 3.04. The van der Waals surface area contributed by atoms with Gasteiger partial charge in [0.25, 0.3) is 5.91 Å². The van der Waals surface area contributed by atoms with E-state index < -0.39 is 0 Å². The molecule has 0 unspecified atom stereocenters. The predicted octanol–water partition coefficient (Wildman–Crippen LogP) is 3.53. The van der Waals surface area contributed by atoms with Gasteiger partial charge >= 0.3 is 0 Å². The number of aromatic nitrogens is 2. The molecule has 2 rings (SSSR count). The van der Waals surface area contributed by atoms with Crippen LogP contribution in [0.4, 0.5) is 5.69 Å². The van der Waals surface area contributed by atoms with Crippen molar-refractivity contribution in [3.05, 3.63) is 45.7 Å². The molecule has 4 nitrogen and oxygen atoms in total. The van der Waals surface area contributed by atoms with Gasteiger partial charge < -0.3 is 5.32 Å². The maximum Gasteiger partial charge on any atom is 0.277 e. The summed E-state index contributed by atoms with van der Waals surface area (Å²) in [5.41, 5.74) is 3.37. The fraction of sp³-hybridized carbons (Fsp3) is 0.286. The Morgan fingerprint density at radius 1 is 1.42 bits per heavy atom. The average molecular weight is 322 g/mol. The quantitative estimate of drug-likeness (QED) is 0.939. The Morgan fingerprint density at radius 2 is 2.16 bits per heavy atom. The first kappa shape index (κ1) is 13.8. The molecule has 1 amide bonds. The predicted molar refractivity (Wildman–Crippen MR) is 79.5 cm³/mol. The first-order valence-corrected chi connectivity index (χ1v) is 6.92. The van der Waals surface area contributed by atoms with E-state index in [2.05, 4.69) is 26.3 Å². The SMILES string of the molecule is CCn1cc(Br)c(C(=O)Nc2cc(C)ccc2C)n1. The number of nitrogens with zero attached hydrogens (tertiary/aromatic N) is 2. The summed E-state index contributed by atoms with van der Waals surface area (Å²) in [5, 5.41) is 7.14. The molecule has 0 saturated carbocycles. The maximum absolute atomic E-state index is 12.2. The monoisotopic (exact) mass is 321 g/mol. The average Bonchev–Trinajstić information content (AvgIpc) is 2.75. The molecule has 0 aliphatic heterocycles. The molecule has 0 aliphatic rings. The molecule has 1 N–H and O–H groups in total. The standard InChI is InChI=1S/C14H16BrN3O/c1-4-18-8-11(15)13(17-18)14(19)16-12-7-9(2)5-6-10(12)3/h5-8H,4H2,1-3H3,(H,16,19). The molecule has 0 atom stereocenters. The third-order valence-corrected chi connectivity index (χ3v) is 3.48. The first-order chi connectivity index (χ1) is 9.01. The number of aryl methyl sites for hydroxylation is 3. The molecular weight excluding hydrogens is 306 g/mol. The molecule has 19 heavy (non-hydrogen) atoms. The van der Waals surface area contributed by atoms with E-state index in [0.717, 1.165) is 23.4 Å². The van der Waals surface area contributed by atoms with E-state index in [1.165, 1.54) is 0 Å². The van der Waals surface area contributed by atoms with Gasteiger partial charge in [0.05, 0.1) is 4.47 Å². The van der Waals surface area contributed by atoms with E-state index in [1.807, 2.05) is 39.0 Å². The van der Waals surface area contributed by atoms with Crippen molar-refractivity contribution in [3.8, 4) is 0 Å². The van der Waals surface area contributed by atoms with Gasteiger partial charge in [-0.2, -0.15) is 5.10 Å². The second kappa shape index (κ2) is 5.57. The van der Waals surface area contributed by atoms with Crippen molar-refractivity contribution in [1.29, 1.82) is 0 Å². The number of halogens is 1. The third-order valence-electron chi connectivity index (χ3n) is 2.90. The summed E-state index contributed by atoms with van der Waals surface area (Å²) < 4.78 is 2.43. The zero-order valence-corrected chi connectivity index (χ0v) is 12.8. The molecule has 0 saturated heterocycles. The lowest BCUT2D eigenvalue weighted by Gasteiger charge is -2.08. The van der Waals surface area contributed by atoms with Crippen molar-refractivity contribution in [2.45, 2.75) is 27.3 Å². The van der Waals surface area contributed by atoms with Crippen LogP contribution >= 0.6 is 15.9 Å². The highest BCUT2D eigenvalue weighted by molar-refractivity contribution is 9.10. The molecule has 5 heteroatoms. The van der Waals surface area contributed by atoms with Gasteiger partial charge in [-0.15, -0.1) is 0 Å². The second-order valence-electron chi connectivity index (χ2n) is 4.45. The molecule has 0 radical (unpaired) electrons. The number of hydrogen-bond acceptors (Lipinski definition) is 2. The van der Waals surface area contributed by atoms with Crippen molar-refractivity contribution in [2.75, 3.05) is 5.32 Å². The van der Waals surface area contributed by atoms with Gasteiger partial charge in [-0.25, -0.2) is 0 Å². The number of hydrogen-bond donors (Lipinski definition) is 1. The van der Waals surface area contributed by atoms with Crippen LogP contribution in [0.3, 0.4) is 0 Å². The number of anilines is 1. The van der Waals surface area contributed by atoms with Gasteiger partial charge in [-0.3, -0.25) is 9.48 Å². The Kier molecular flexibility index (Phi) is 4.04. The summed E-state index contributed by atoms with van der Waals surface area (Å²) in [4.78, 5) is 12.2. The highest BCUT2D eigenvalue weighted by Crippen LogP contribution is 2.20. The fourth-order valence-electron chi connectivity index (χ4n) is 1.76. The highest BCUT2D eigenvalue weighted by Gasteiger charge is 2.15. The van der Waals surface area contributed by atoms with E-state index in [4.69, 9.17) is 0 Å². The van der Waals surface area contributed by atoms with Crippen LogP contribution < -0.4 is 5.32 Å². The minimum absolute atomic E-state index is 0.201. The van der Waals surface area contributed by atoms with Crippen LogP contribution in [0.25, 0.3) is 0 Å². The number of amides is 1. The van der Waals surface area contributed by atoms with Crippen LogP contribution in [-0.4, -0.2) is 15.7 Å². The first-order valence-electron chi connectivity index (χ1n) is 6.12. The Balaban J connectivity index is 2.25. The summed E-state index contributed by atoms with van der Waals surface area (Å²) in [6, 6.07) is 5.97. The lowest BCUT2D eigenvalue weighted by molar-refractivity contribution is 0.102. The van der Waals surface area contributed by atoms with Gasteiger partial charge in [0.15, 0.2) is 5.69 Å². The van der Waals surface area contributed by atoms with Crippen molar-refractivity contribution in [2.24, 2.45) is 0 Å². The highest BCUT2D eigenvalue weighted by atomic mass is 79.9. The summed E-state index contributed by atoms with van der Waals surface area (Å²) in [6.45, 7) is 6.67. The van der Waals surface area contributed by atoms with Crippen molar-refractivity contribution < 1.29 is 4.79 Å². The molecule has 2 aromatic rings. The van der Waals surface area contributed by atoms with Crippen molar-refractivity contribution in [3.63, 3.8) is 0 Å². The molecule has 1 aromatic carbocycles. The van der Waals surface area contributed by atoms with E-state index in [0.29, 0.717) is 10.2 Å². The molecular formula is C14H16BrN3O. The summed E-state index contributed by atoms with van der Waals surface area (Å²) >= 11 is 3.36. The maximum atomic E-state index is 12.2. The molecule has 0 fully saturated rings. The van der Waals surface area contributed by atoms with Gasteiger partial charge in [0.2, 0.25) is 0 Å². The van der Waals surface area contributed by atoms with Crippen molar-refractivity contribution in [1.82, 2.24) is 9.78 Å². The molecule has 0 bridgehead atoms. The summed E-state index contributed by atoms with van der Waals surface area (Å²) in [6.07, 6.45) is 1.80. The molecule has 100 valence electrons. The number of carbonyl (C=O) groups excluding carboxylic acids is 1. The van der Waals surface area contributed by atoms with E-state index >= 15 is 0 Å². The van der Waals surface area contributed by atoms with Crippen LogP contribution in [0.5, 0.6) is 0 Å². The smallest absolute Gasteiger partial charge is 0.277 e. The molecule has 1 aromatic heterocycles. The van der Waals surface area contributed by atoms with E-state index in [-0.39, 0.29) is 5.91 Å². The van der Waals surface area contributed by atoms with Crippen LogP contribution in [0.1, 0.15) is 28.5 Å². The zero-order valence-electron chi connectivity index (χ0n) is 11.2. The molecule has 0 aliphatic carbocycles. The Morgan fingerprint density at radius 3 is 2.79 bits per heavy atom. The summed E-state index contributed by atoms with van der Waals surface area (Å²) in [5.74, 6) is -0.201. The minimum Gasteiger partial charge on any atom is -0.320 e. The Bertz CT molecular complexity index is 619. The fourth-order valence-corrected chi connectivity index (χ4v) is 2.26. The molecule has 0 spiro atoms. The topological polar surface area (TPSA) is 46.9 Å². The second-order valence-corrected chi connectivity index (χ2v) is 5.31. The van der Waals surface area contributed by atoms with Crippen LogP contribution in [0.15, 0.2) is 28.9 Å². The van der Waals surface area contributed by atoms with Crippen LogP contribution in [-0.2, 0) is 6.54 Å². The summed E-state index contributed by atoms with van der Waals surface area (Å²) in [7, 11) is 0. The lowest BCUT2D eigenvalue weighted by atomic mass is 10.1. The minimum atomic E-state index is -0.201. The Labute approximate surface area is 120 Å². The largest absolute Gasteiger partial charge is 0.320 e. The van der Waals surface area contributed by atoms with Crippen LogP contribution in [0, 0.1) is 13.8 Å².